The Labute approximate surface area is 119 Å². The number of rotatable bonds is 4. The van der Waals surface area contributed by atoms with E-state index >= 15 is 0 Å². The Morgan fingerprint density at radius 2 is 2.16 bits per heavy atom. The highest BCUT2D eigenvalue weighted by Gasteiger charge is 2.32. The molecular weight excluding hydrogens is 264 g/mol. The van der Waals surface area contributed by atoms with Crippen LogP contribution < -0.4 is 4.90 Å². The lowest BCUT2D eigenvalue weighted by Gasteiger charge is -2.30. The molecule has 1 aromatic carbocycles. The SMILES string of the molecule is CN(C)CC1CC(O)CN1c1cc(Cl)ccc1CO. The third-order valence-electron chi connectivity index (χ3n) is 3.50. The molecule has 5 heteroatoms. The predicted octanol–water partition coefficient (Wildman–Crippen LogP) is 1.33. The Balaban J connectivity index is 2.30. The lowest BCUT2D eigenvalue weighted by atomic mass is 10.1. The number of benzene rings is 1. The van der Waals surface area contributed by atoms with Crippen LogP contribution in [0.5, 0.6) is 0 Å². The van der Waals surface area contributed by atoms with Crippen LogP contribution in [0, 0.1) is 0 Å². The Hall–Kier alpha value is -0.810. The minimum Gasteiger partial charge on any atom is -0.392 e. The van der Waals surface area contributed by atoms with Gasteiger partial charge >= 0.3 is 0 Å². The molecule has 0 radical (unpaired) electrons. The van der Waals surface area contributed by atoms with Gasteiger partial charge in [-0.15, -0.1) is 0 Å². The van der Waals surface area contributed by atoms with Crippen LogP contribution in [0.4, 0.5) is 5.69 Å². The normalized spacial score (nSPS) is 23.4. The van der Waals surface area contributed by atoms with Crippen molar-refractivity contribution in [2.45, 2.75) is 25.2 Å². The molecule has 19 heavy (non-hydrogen) atoms. The van der Waals surface area contributed by atoms with Crippen LogP contribution in [0.3, 0.4) is 0 Å². The van der Waals surface area contributed by atoms with Gasteiger partial charge in [-0.1, -0.05) is 17.7 Å². The highest BCUT2D eigenvalue weighted by Crippen LogP contribution is 2.31. The summed E-state index contributed by atoms with van der Waals surface area (Å²) in [7, 11) is 4.04. The number of anilines is 1. The summed E-state index contributed by atoms with van der Waals surface area (Å²) in [6.45, 7) is 1.44. The average molecular weight is 285 g/mol. The summed E-state index contributed by atoms with van der Waals surface area (Å²) in [5, 5.41) is 20.0. The first kappa shape index (κ1) is 14.6. The zero-order chi connectivity index (χ0) is 14.0. The van der Waals surface area contributed by atoms with Crippen LogP contribution in [0.2, 0.25) is 5.02 Å². The maximum Gasteiger partial charge on any atom is 0.0735 e. The molecule has 1 saturated heterocycles. The number of hydrogen-bond acceptors (Lipinski definition) is 4. The third-order valence-corrected chi connectivity index (χ3v) is 3.73. The summed E-state index contributed by atoms with van der Waals surface area (Å²) in [5.74, 6) is 0. The first-order valence-corrected chi connectivity index (χ1v) is 6.87. The lowest BCUT2D eigenvalue weighted by Crippen LogP contribution is -2.38. The number of halogens is 1. The van der Waals surface area contributed by atoms with E-state index in [1.54, 1.807) is 6.07 Å². The van der Waals surface area contributed by atoms with E-state index in [9.17, 15) is 10.2 Å². The molecule has 0 amide bonds. The monoisotopic (exact) mass is 284 g/mol. The molecule has 106 valence electrons. The van der Waals surface area contributed by atoms with Gasteiger partial charge in [-0.05, 0) is 32.6 Å². The number of hydrogen-bond donors (Lipinski definition) is 2. The molecule has 0 bridgehead atoms. The minimum absolute atomic E-state index is 0.0201. The maximum absolute atomic E-state index is 9.92. The van der Waals surface area contributed by atoms with Crippen molar-refractivity contribution >= 4 is 17.3 Å². The Kier molecular flexibility index (Phi) is 4.68. The summed E-state index contributed by atoms with van der Waals surface area (Å²) in [6, 6.07) is 5.74. The average Bonchev–Trinajstić information content (AvgIpc) is 2.69. The lowest BCUT2D eigenvalue weighted by molar-refractivity contribution is 0.191. The molecule has 0 saturated carbocycles. The number of aliphatic hydroxyl groups excluding tert-OH is 2. The summed E-state index contributed by atoms with van der Waals surface area (Å²) in [6.07, 6.45) is 0.422. The second-order valence-corrected chi connectivity index (χ2v) is 5.83. The van der Waals surface area contributed by atoms with Gasteiger partial charge in [-0.3, -0.25) is 0 Å². The smallest absolute Gasteiger partial charge is 0.0735 e. The van der Waals surface area contributed by atoms with Crippen molar-refractivity contribution < 1.29 is 10.2 Å². The van der Waals surface area contributed by atoms with Crippen LogP contribution >= 0.6 is 11.6 Å². The third kappa shape index (κ3) is 3.39. The fraction of sp³-hybridized carbons (Fsp3) is 0.571. The fourth-order valence-electron chi connectivity index (χ4n) is 2.72. The van der Waals surface area contributed by atoms with Crippen molar-refractivity contribution in [3.8, 4) is 0 Å². The van der Waals surface area contributed by atoms with Crippen molar-refractivity contribution in [2.24, 2.45) is 0 Å². The van der Waals surface area contributed by atoms with Gasteiger partial charge < -0.3 is 20.0 Å². The summed E-state index contributed by atoms with van der Waals surface area (Å²) < 4.78 is 0. The van der Waals surface area contributed by atoms with E-state index in [4.69, 9.17) is 11.6 Å². The van der Waals surface area contributed by atoms with E-state index in [-0.39, 0.29) is 18.8 Å². The largest absolute Gasteiger partial charge is 0.392 e. The van der Waals surface area contributed by atoms with Crippen LogP contribution in [-0.2, 0) is 6.61 Å². The molecule has 1 aromatic rings. The van der Waals surface area contributed by atoms with Crippen molar-refractivity contribution in [2.75, 3.05) is 32.1 Å². The molecule has 2 atom stereocenters. The van der Waals surface area contributed by atoms with Crippen molar-refractivity contribution in [1.82, 2.24) is 4.90 Å². The van der Waals surface area contributed by atoms with Gasteiger partial charge in [0, 0.05) is 35.4 Å². The second kappa shape index (κ2) is 6.09. The molecule has 0 spiro atoms. The standard InChI is InChI=1S/C14H21ClN2O2/c1-16(2)7-12-6-13(19)8-17(12)14-5-11(15)4-3-10(14)9-18/h3-5,12-13,18-19H,6-9H2,1-2H3. The summed E-state index contributed by atoms with van der Waals surface area (Å²) in [5.41, 5.74) is 1.78. The zero-order valence-corrected chi connectivity index (χ0v) is 12.1. The van der Waals surface area contributed by atoms with Crippen LogP contribution in [0.25, 0.3) is 0 Å². The quantitative estimate of drug-likeness (QED) is 0.876. The van der Waals surface area contributed by atoms with Crippen molar-refractivity contribution in [1.29, 1.82) is 0 Å². The van der Waals surface area contributed by atoms with Gasteiger partial charge in [0.1, 0.15) is 0 Å². The second-order valence-electron chi connectivity index (χ2n) is 5.39. The molecule has 2 unspecified atom stereocenters. The van der Waals surface area contributed by atoms with Gasteiger partial charge in [0.2, 0.25) is 0 Å². The fourth-order valence-corrected chi connectivity index (χ4v) is 2.89. The molecule has 2 rings (SSSR count). The predicted molar refractivity (Wildman–Crippen MR) is 77.7 cm³/mol. The van der Waals surface area contributed by atoms with Gasteiger partial charge in [-0.25, -0.2) is 0 Å². The Morgan fingerprint density at radius 3 is 2.79 bits per heavy atom. The maximum atomic E-state index is 9.92. The molecule has 0 aliphatic carbocycles. The van der Waals surface area contributed by atoms with E-state index in [0.29, 0.717) is 11.6 Å². The van der Waals surface area contributed by atoms with E-state index in [1.165, 1.54) is 0 Å². The molecule has 4 nitrogen and oxygen atoms in total. The van der Waals surface area contributed by atoms with Crippen molar-refractivity contribution in [3.63, 3.8) is 0 Å². The van der Waals surface area contributed by atoms with Crippen LogP contribution in [-0.4, -0.2) is 54.4 Å². The van der Waals surface area contributed by atoms with Crippen LogP contribution in [0.1, 0.15) is 12.0 Å². The highest BCUT2D eigenvalue weighted by molar-refractivity contribution is 6.30. The first-order valence-electron chi connectivity index (χ1n) is 6.50. The number of β-amino-alcohol motifs (C(OH)–C–C–N with tert-alkyl or cyclic N) is 1. The highest BCUT2D eigenvalue weighted by atomic mass is 35.5. The van der Waals surface area contributed by atoms with E-state index in [0.717, 1.165) is 24.2 Å². The topological polar surface area (TPSA) is 46.9 Å². The summed E-state index contributed by atoms with van der Waals surface area (Å²) >= 11 is 6.06. The van der Waals surface area contributed by atoms with E-state index < -0.39 is 0 Å². The number of aliphatic hydroxyl groups is 2. The zero-order valence-electron chi connectivity index (χ0n) is 11.4. The van der Waals surface area contributed by atoms with Crippen LogP contribution in [0.15, 0.2) is 18.2 Å². The van der Waals surface area contributed by atoms with Crippen molar-refractivity contribution in [3.05, 3.63) is 28.8 Å². The molecule has 2 N–H and O–H groups in total. The molecule has 1 aliphatic rings. The molecule has 1 aliphatic heterocycles. The Morgan fingerprint density at radius 1 is 1.42 bits per heavy atom. The molecule has 0 aromatic heterocycles. The number of nitrogens with zero attached hydrogens (tertiary/aromatic N) is 2. The van der Waals surface area contributed by atoms with Gasteiger partial charge in [0.25, 0.3) is 0 Å². The molecule has 1 heterocycles. The first-order chi connectivity index (χ1) is 9.01. The van der Waals surface area contributed by atoms with Gasteiger partial charge in [-0.2, -0.15) is 0 Å². The molecular formula is C14H21ClN2O2. The summed E-state index contributed by atoms with van der Waals surface area (Å²) in [4.78, 5) is 4.26. The Bertz CT molecular complexity index is 439. The van der Waals surface area contributed by atoms with E-state index in [2.05, 4.69) is 9.80 Å². The van der Waals surface area contributed by atoms with Gasteiger partial charge in [0.05, 0.1) is 12.7 Å². The van der Waals surface area contributed by atoms with Gasteiger partial charge in [0.15, 0.2) is 0 Å². The minimum atomic E-state index is -0.324. The number of likely N-dealkylation sites (N-methyl/N-ethyl adjacent to an activating group) is 1. The van der Waals surface area contributed by atoms with E-state index in [1.807, 2.05) is 26.2 Å². The molecule has 1 fully saturated rings.